The molecule has 13 heavy (non-hydrogen) atoms. The lowest BCUT2D eigenvalue weighted by Crippen LogP contribution is -1.87. The van der Waals surface area contributed by atoms with E-state index in [1.54, 1.807) is 10.8 Å². The van der Waals surface area contributed by atoms with Crippen LogP contribution in [-0.2, 0) is 0 Å². The van der Waals surface area contributed by atoms with E-state index in [2.05, 4.69) is 18.8 Å². The Balaban J connectivity index is 2.13. The van der Waals surface area contributed by atoms with Crippen LogP contribution in [0.1, 0.15) is 20.3 Å². The second-order valence-corrected chi connectivity index (χ2v) is 5.69. The number of hydrogen-bond acceptors (Lipinski definition) is 3. The molecule has 0 saturated carbocycles. The highest BCUT2D eigenvalue weighted by atomic mass is 33.1. The van der Waals surface area contributed by atoms with Crippen LogP contribution >= 0.6 is 21.6 Å². The van der Waals surface area contributed by atoms with Crippen molar-refractivity contribution in [2.45, 2.75) is 25.3 Å². The number of rotatable bonds is 5. The SMILES string of the molecule is CC(C)CCSSc1ccccn1. The fraction of sp³-hybridized carbons (Fsp3) is 0.500. The van der Waals surface area contributed by atoms with Crippen molar-refractivity contribution in [3.8, 4) is 0 Å². The molecule has 1 nitrogen and oxygen atoms in total. The highest BCUT2D eigenvalue weighted by molar-refractivity contribution is 8.76. The first-order valence-electron chi connectivity index (χ1n) is 4.49. The molecule has 1 aromatic rings. The van der Waals surface area contributed by atoms with Crippen LogP contribution in [0.5, 0.6) is 0 Å². The van der Waals surface area contributed by atoms with Crippen LogP contribution in [0.15, 0.2) is 29.4 Å². The first kappa shape index (κ1) is 10.9. The molecule has 0 aliphatic heterocycles. The minimum Gasteiger partial charge on any atom is -0.249 e. The molecule has 0 aromatic carbocycles. The standard InChI is InChI=1S/C10H15NS2/c1-9(2)6-8-12-13-10-5-3-4-7-11-10/h3-5,7,9H,6,8H2,1-2H3. The molecular weight excluding hydrogens is 198 g/mol. The molecule has 0 aliphatic rings. The van der Waals surface area contributed by atoms with Gasteiger partial charge >= 0.3 is 0 Å². The van der Waals surface area contributed by atoms with Crippen LogP contribution in [0, 0.1) is 5.92 Å². The van der Waals surface area contributed by atoms with E-state index in [4.69, 9.17) is 0 Å². The van der Waals surface area contributed by atoms with Crippen molar-refractivity contribution in [2.75, 3.05) is 5.75 Å². The Labute approximate surface area is 88.1 Å². The first-order chi connectivity index (χ1) is 6.29. The monoisotopic (exact) mass is 213 g/mol. The van der Waals surface area contributed by atoms with Gasteiger partial charge in [-0.2, -0.15) is 0 Å². The molecule has 72 valence electrons. The zero-order valence-electron chi connectivity index (χ0n) is 8.06. The fourth-order valence-electron chi connectivity index (χ4n) is 0.782. The van der Waals surface area contributed by atoms with E-state index in [0.717, 1.165) is 10.9 Å². The van der Waals surface area contributed by atoms with Crippen LogP contribution in [0.3, 0.4) is 0 Å². The van der Waals surface area contributed by atoms with Crippen molar-refractivity contribution in [1.82, 2.24) is 4.98 Å². The Morgan fingerprint density at radius 3 is 2.85 bits per heavy atom. The molecular formula is C10H15NS2. The zero-order chi connectivity index (χ0) is 9.52. The predicted octanol–water partition coefficient (Wildman–Crippen LogP) is 3.87. The molecule has 0 spiro atoms. The summed E-state index contributed by atoms with van der Waals surface area (Å²) < 4.78 is 0. The molecule has 0 fully saturated rings. The molecule has 0 unspecified atom stereocenters. The summed E-state index contributed by atoms with van der Waals surface area (Å²) in [6.07, 6.45) is 3.12. The van der Waals surface area contributed by atoms with Crippen LogP contribution < -0.4 is 0 Å². The smallest absolute Gasteiger partial charge is 0.106 e. The predicted molar refractivity (Wildman–Crippen MR) is 62.0 cm³/mol. The van der Waals surface area contributed by atoms with Gasteiger partial charge < -0.3 is 0 Å². The van der Waals surface area contributed by atoms with Gasteiger partial charge in [0.15, 0.2) is 0 Å². The van der Waals surface area contributed by atoms with Gasteiger partial charge in [0.25, 0.3) is 0 Å². The first-order valence-corrected chi connectivity index (χ1v) is 6.81. The van der Waals surface area contributed by atoms with E-state index in [0.29, 0.717) is 0 Å². The second kappa shape index (κ2) is 6.33. The summed E-state index contributed by atoms with van der Waals surface area (Å²) in [6.45, 7) is 4.51. The molecule has 0 N–H and O–H groups in total. The molecule has 1 aromatic heterocycles. The molecule has 1 heterocycles. The average Bonchev–Trinajstić information content (AvgIpc) is 2.14. The van der Waals surface area contributed by atoms with Crippen LogP contribution in [-0.4, -0.2) is 10.7 Å². The second-order valence-electron chi connectivity index (χ2n) is 3.26. The zero-order valence-corrected chi connectivity index (χ0v) is 9.70. The van der Waals surface area contributed by atoms with Gasteiger partial charge in [0.05, 0.1) is 0 Å². The summed E-state index contributed by atoms with van der Waals surface area (Å²) in [7, 11) is 3.66. The Bertz CT molecular complexity index is 224. The maximum Gasteiger partial charge on any atom is 0.106 e. The largest absolute Gasteiger partial charge is 0.249 e. The quantitative estimate of drug-likeness (QED) is 0.544. The topological polar surface area (TPSA) is 12.9 Å². The minimum atomic E-state index is 0.803. The van der Waals surface area contributed by atoms with Gasteiger partial charge in [0.2, 0.25) is 0 Å². The van der Waals surface area contributed by atoms with Gasteiger partial charge in [-0.3, -0.25) is 0 Å². The van der Waals surface area contributed by atoms with Gasteiger partial charge in [-0.1, -0.05) is 30.7 Å². The minimum absolute atomic E-state index is 0.803. The number of hydrogen-bond donors (Lipinski definition) is 0. The normalized spacial score (nSPS) is 10.7. The average molecular weight is 213 g/mol. The highest BCUT2D eigenvalue weighted by Crippen LogP contribution is 2.29. The Kier molecular flexibility index (Phi) is 5.32. The molecule has 1 rings (SSSR count). The van der Waals surface area contributed by atoms with E-state index < -0.39 is 0 Å². The molecule has 3 heteroatoms. The summed E-state index contributed by atoms with van der Waals surface area (Å²) in [6, 6.07) is 6.02. The van der Waals surface area contributed by atoms with Crippen molar-refractivity contribution in [2.24, 2.45) is 5.92 Å². The van der Waals surface area contributed by atoms with E-state index in [9.17, 15) is 0 Å². The van der Waals surface area contributed by atoms with Crippen LogP contribution in [0.25, 0.3) is 0 Å². The summed E-state index contributed by atoms with van der Waals surface area (Å²) >= 11 is 0. The van der Waals surface area contributed by atoms with Crippen molar-refractivity contribution in [3.63, 3.8) is 0 Å². The van der Waals surface area contributed by atoms with Gasteiger partial charge in [-0.15, -0.1) is 0 Å². The maximum absolute atomic E-state index is 4.24. The van der Waals surface area contributed by atoms with Gasteiger partial charge in [0.1, 0.15) is 5.03 Å². The molecule has 0 amide bonds. The Morgan fingerprint density at radius 1 is 1.38 bits per heavy atom. The Morgan fingerprint density at radius 2 is 2.23 bits per heavy atom. The van der Waals surface area contributed by atoms with E-state index in [1.165, 1.54) is 12.2 Å². The lowest BCUT2D eigenvalue weighted by molar-refractivity contribution is 0.633. The summed E-state index contributed by atoms with van der Waals surface area (Å²) in [5, 5.41) is 1.11. The summed E-state index contributed by atoms with van der Waals surface area (Å²) in [4.78, 5) is 4.24. The maximum atomic E-state index is 4.24. The van der Waals surface area contributed by atoms with Crippen LogP contribution in [0.2, 0.25) is 0 Å². The third-order valence-electron chi connectivity index (χ3n) is 1.56. The molecule has 0 bridgehead atoms. The van der Waals surface area contributed by atoms with Gasteiger partial charge in [0, 0.05) is 11.9 Å². The van der Waals surface area contributed by atoms with Gasteiger partial charge in [-0.25, -0.2) is 4.98 Å². The highest BCUT2D eigenvalue weighted by Gasteiger charge is 1.96. The van der Waals surface area contributed by atoms with E-state index >= 15 is 0 Å². The third kappa shape index (κ3) is 5.21. The lowest BCUT2D eigenvalue weighted by atomic mass is 10.2. The molecule has 0 saturated heterocycles. The lowest BCUT2D eigenvalue weighted by Gasteiger charge is -2.02. The molecule has 0 radical (unpaired) electrons. The van der Waals surface area contributed by atoms with Crippen molar-refractivity contribution in [1.29, 1.82) is 0 Å². The van der Waals surface area contributed by atoms with Crippen molar-refractivity contribution < 1.29 is 0 Å². The summed E-state index contributed by atoms with van der Waals surface area (Å²) in [5.74, 6) is 2.01. The third-order valence-corrected chi connectivity index (χ3v) is 3.86. The number of nitrogens with zero attached hydrogens (tertiary/aromatic N) is 1. The van der Waals surface area contributed by atoms with E-state index in [1.807, 2.05) is 35.2 Å². The molecule has 0 aliphatic carbocycles. The van der Waals surface area contributed by atoms with Gasteiger partial charge in [-0.05, 0) is 35.3 Å². The summed E-state index contributed by atoms with van der Waals surface area (Å²) in [5.41, 5.74) is 0. The molecule has 0 atom stereocenters. The Hall–Kier alpha value is -0.150. The van der Waals surface area contributed by atoms with Crippen molar-refractivity contribution >= 4 is 21.6 Å². The van der Waals surface area contributed by atoms with Crippen molar-refractivity contribution in [3.05, 3.63) is 24.4 Å². The number of aromatic nitrogens is 1. The van der Waals surface area contributed by atoms with E-state index in [-0.39, 0.29) is 0 Å². The fourth-order valence-corrected chi connectivity index (χ4v) is 2.99. The van der Waals surface area contributed by atoms with Crippen LogP contribution in [0.4, 0.5) is 0 Å². The number of pyridine rings is 1.